The molecule has 0 N–H and O–H groups in total. The van der Waals surface area contributed by atoms with Gasteiger partial charge in [0.15, 0.2) is 0 Å². The normalized spacial score (nSPS) is 19.7. The summed E-state index contributed by atoms with van der Waals surface area (Å²) in [5.74, 6) is 0.993. The van der Waals surface area contributed by atoms with Gasteiger partial charge >= 0.3 is 0 Å². The van der Waals surface area contributed by atoms with Crippen LogP contribution < -0.4 is 9.64 Å². The first-order chi connectivity index (χ1) is 14.8. The van der Waals surface area contributed by atoms with Gasteiger partial charge in [0.25, 0.3) is 0 Å². The zero-order chi connectivity index (χ0) is 20.8. The van der Waals surface area contributed by atoms with E-state index < -0.39 is 0 Å². The van der Waals surface area contributed by atoms with Crippen molar-refractivity contribution in [3.05, 3.63) is 59.7 Å². The molecule has 1 aliphatic carbocycles. The maximum Gasteiger partial charge on any atom is 0.119 e. The predicted molar refractivity (Wildman–Crippen MR) is 126 cm³/mol. The molecule has 4 rings (SSSR count). The molecular formula is C26H37N3O. The molecule has 1 atom stereocenters. The van der Waals surface area contributed by atoms with Crippen LogP contribution in [0, 0.1) is 0 Å². The molecule has 1 heterocycles. The van der Waals surface area contributed by atoms with Gasteiger partial charge in [-0.3, -0.25) is 9.80 Å². The van der Waals surface area contributed by atoms with E-state index in [1.807, 2.05) is 0 Å². The van der Waals surface area contributed by atoms with E-state index in [4.69, 9.17) is 4.74 Å². The molecule has 162 valence electrons. The van der Waals surface area contributed by atoms with Crippen LogP contribution in [0.1, 0.15) is 30.9 Å². The molecule has 2 aliphatic rings. The first-order valence-corrected chi connectivity index (χ1v) is 11.7. The third kappa shape index (κ3) is 5.16. The maximum absolute atomic E-state index is 5.42. The summed E-state index contributed by atoms with van der Waals surface area (Å²) in [6.07, 6.45) is 4.85. The van der Waals surface area contributed by atoms with E-state index in [0.717, 1.165) is 18.8 Å². The largest absolute Gasteiger partial charge is 0.497 e. The van der Waals surface area contributed by atoms with Crippen LogP contribution in [0.5, 0.6) is 5.75 Å². The number of piperazine rings is 1. The van der Waals surface area contributed by atoms with Crippen LogP contribution in [0.15, 0.2) is 48.5 Å². The number of para-hydroxylation sites is 1. The SMILES string of the molecule is CCCN(CCN1CCN(c2ccccc2)CC1)C1CCc2cc(OC)ccc2C1. The first kappa shape index (κ1) is 21.2. The number of rotatable bonds is 8. The Morgan fingerprint density at radius 2 is 1.77 bits per heavy atom. The minimum absolute atomic E-state index is 0.677. The lowest BCUT2D eigenvalue weighted by Gasteiger charge is -2.39. The third-order valence-corrected chi connectivity index (χ3v) is 6.84. The fourth-order valence-corrected chi connectivity index (χ4v) is 5.05. The highest BCUT2D eigenvalue weighted by atomic mass is 16.5. The molecular weight excluding hydrogens is 370 g/mol. The van der Waals surface area contributed by atoms with Gasteiger partial charge in [-0.15, -0.1) is 0 Å². The minimum Gasteiger partial charge on any atom is -0.497 e. The minimum atomic E-state index is 0.677. The van der Waals surface area contributed by atoms with E-state index in [-0.39, 0.29) is 0 Å². The Balaban J connectivity index is 1.29. The first-order valence-electron chi connectivity index (χ1n) is 11.7. The van der Waals surface area contributed by atoms with Gasteiger partial charge < -0.3 is 9.64 Å². The third-order valence-electron chi connectivity index (χ3n) is 6.84. The van der Waals surface area contributed by atoms with Crippen molar-refractivity contribution in [1.29, 1.82) is 0 Å². The summed E-state index contributed by atoms with van der Waals surface area (Å²) in [4.78, 5) is 7.94. The highest BCUT2D eigenvalue weighted by Gasteiger charge is 2.25. The second kappa shape index (κ2) is 10.3. The Kier molecular flexibility index (Phi) is 7.29. The number of hydrogen-bond donors (Lipinski definition) is 0. The summed E-state index contributed by atoms with van der Waals surface area (Å²) in [6, 6.07) is 18.2. The molecule has 0 spiro atoms. The van der Waals surface area contributed by atoms with Gasteiger partial charge in [-0.25, -0.2) is 0 Å². The van der Waals surface area contributed by atoms with E-state index in [0.29, 0.717) is 6.04 Å². The van der Waals surface area contributed by atoms with Crippen molar-refractivity contribution in [1.82, 2.24) is 9.80 Å². The van der Waals surface area contributed by atoms with Crippen LogP contribution >= 0.6 is 0 Å². The molecule has 30 heavy (non-hydrogen) atoms. The van der Waals surface area contributed by atoms with Gasteiger partial charge in [0.1, 0.15) is 5.75 Å². The molecule has 0 saturated carbocycles. The Labute approximate surface area is 182 Å². The van der Waals surface area contributed by atoms with Gasteiger partial charge in [-0.05, 0) is 67.6 Å². The number of benzene rings is 2. The molecule has 1 fully saturated rings. The fourth-order valence-electron chi connectivity index (χ4n) is 5.05. The average Bonchev–Trinajstić information content (AvgIpc) is 2.82. The highest BCUT2D eigenvalue weighted by Crippen LogP contribution is 2.28. The van der Waals surface area contributed by atoms with Crippen LogP contribution in [-0.4, -0.2) is 68.8 Å². The quantitative estimate of drug-likeness (QED) is 0.656. The molecule has 0 amide bonds. The molecule has 0 radical (unpaired) electrons. The molecule has 4 heteroatoms. The molecule has 1 saturated heterocycles. The van der Waals surface area contributed by atoms with E-state index in [9.17, 15) is 0 Å². The Morgan fingerprint density at radius 3 is 2.50 bits per heavy atom. The van der Waals surface area contributed by atoms with E-state index >= 15 is 0 Å². The molecule has 4 nitrogen and oxygen atoms in total. The fraction of sp³-hybridized carbons (Fsp3) is 0.538. The van der Waals surface area contributed by atoms with Gasteiger partial charge in [0.05, 0.1) is 7.11 Å². The van der Waals surface area contributed by atoms with Crippen LogP contribution in [0.2, 0.25) is 0 Å². The summed E-state index contributed by atoms with van der Waals surface area (Å²) >= 11 is 0. The highest BCUT2D eigenvalue weighted by molar-refractivity contribution is 5.46. The van der Waals surface area contributed by atoms with Crippen LogP contribution in [0.25, 0.3) is 0 Å². The zero-order valence-corrected chi connectivity index (χ0v) is 18.7. The van der Waals surface area contributed by atoms with Crippen LogP contribution in [-0.2, 0) is 12.8 Å². The predicted octanol–water partition coefficient (Wildman–Crippen LogP) is 4.09. The molecule has 1 unspecified atom stereocenters. The monoisotopic (exact) mass is 407 g/mol. The number of ether oxygens (including phenoxy) is 1. The van der Waals surface area contributed by atoms with Crippen molar-refractivity contribution >= 4 is 5.69 Å². The number of hydrogen-bond acceptors (Lipinski definition) is 4. The van der Waals surface area contributed by atoms with Crippen molar-refractivity contribution in [2.75, 3.05) is 57.8 Å². The number of aryl methyl sites for hydroxylation is 1. The van der Waals surface area contributed by atoms with Gasteiger partial charge in [-0.1, -0.05) is 31.2 Å². The summed E-state index contributed by atoms with van der Waals surface area (Å²) in [5.41, 5.74) is 4.37. The molecule has 1 aliphatic heterocycles. The van der Waals surface area contributed by atoms with Crippen molar-refractivity contribution in [3.8, 4) is 5.75 Å². The number of fused-ring (bicyclic) bond motifs is 1. The summed E-state index contributed by atoms with van der Waals surface area (Å²) < 4.78 is 5.42. The topological polar surface area (TPSA) is 19.0 Å². The van der Waals surface area contributed by atoms with Gasteiger partial charge in [-0.2, -0.15) is 0 Å². The maximum atomic E-state index is 5.42. The summed E-state index contributed by atoms with van der Waals surface area (Å²) in [7, 11) is 1.76. The van der Waals surface area contributed by atoms with E-state index in [1.165, 1.54) is 75.2 Å². The van der Waals surface area contributed by atoms with E-state index in [2.05, 4.69) is 70.2 Å². The Bertz CT molecular complexity index is 786. The standard InChI is InChI=1S/C26H37N3O/c1-3-13-28(25-11-9-23-21-26(30-2)12-10-22(23)20-25)17-14-27-15-18-29(19-16-27)24-7-5-4-6-8-24/h4-8,10,12,21,25H,3,9,11,13-20H2,1-2H3. The van der Waals surface area contributed by atoms with Gasteiger partial charge in [0, 0.05) is 51.0 Å². The summed E-state index contributed by atoms with van der Waals surface area (Å²) in [6.45, 7) is 10.5. The van der Waals surface area contributed by atoms with E-state index in [1.54, 1.807) is 7.11 Å². The number of anilines is 1. The second-order valence-corrected chi connectivity index (χ2v) is 8.73. The van der Waals surface area contributed by atoms with Gasteiger partial charge in [0.2, 0.25) is 0 Å². The van der Waals surface area contributed by atoms with Crippen LogP contribution in [0.3, 0.4) is 0 Å². The van der Waals surface area contributed by atoms with Crippen LogP contribution in [0.4, 0.5) is 5.69 Å². The molecule has 2 aromatic rings. The second-order valence-electron chi connectivity index (χ2n) is 8.73. The number of nitrogens with zero attached hydrogens (tertiary/aromatic N) is 3. The molecule has 2 aromatic carbocycles. The lowest BCUT2D eigenvalue weighted by atomic mass is 9.87. The van der Waals surface area contributed by atoms with Crippen molar-refractivity contribution in [3.63, 3.8) is 0 Å². The number of methoxy groups -OCH3 is 1. The Morgan fingerprint density at radius 1 is 0.967 bits per heavy atom. The summed E-state index contributed by atoms with van der Waals surface area (Å²) in [5, 5.41) is 0. The van der Waals surface area contributed by atoms with Crippen molar-refractivity contribution < 1.29 is 4.74 Å². The van der Waals surface area contributed by atoms with Crippen molar-refractivity contribution in [2.45, 2.75) is 38.6 Å². The Hall–Kier alpha value is -2.04. The lowest BCUT2D eigenvalue weighted by Crippen LogP contribution is -2.50. The molecule has 0 aromatic heterocycles. The lowest BCUT2D eigenvalue weighted by molar-refractivity contribution is 0.145. The smallest absolute Gasteiger partial charge is 0.119 e. The zero-order valence-electron chi connectivity index (χ0n) is 18.7. The average molecular weight is 408 g/mol. The molecule has 0 bridgehead atoms. The van der Waals surface area contributed by atoms with Crippen molar-refractivity contribution in [2.24, 2.45) is 0 Å².